The number of piperazine rings is 1. The van der Waals surface area contributed by atoms with E-state index in [1.54, 1.807) is 0 Å². The molecule has 0 aliphatic carbocycles. The van der Waals surface area contributed by atoms with E-state index in [9.17, 15) is 0 Å². The highest BCUT2D eigenvalue weighted by molar-refractivity contribution is 4.95. The summed E-state index contributed by atoms with van der Waals surface area (Å²) in [6.07, 6.45) is 1.96. The minimum Gasteiger partial charge on any atom is -0.377 e. The first-order chi connectivity index (χ1) is 5.81. The molecule has 0 radical (unpaired) electrons. The van der Waals surface area contributed by atoms with Gasteiger partial charge in [0.2, 0.25) is 0 Å². The number of hydrogen-bond acceptors (Lipinski definition) is 3. The third-order valence-corrected chi connectivity index (χ3v) is 2.72. The quantitative estimate of drug-likeness (QED) is 0.554. The van der Waals surface area contributed by atoms with Crippen molar-refractivity contribution in [3.05, 3.63) is 12.8 Å². The summed E-state index contributed by atoms with van der Waals surface area (Å²) in [4.78, 5) is 4.72. The minimum atomic E-state index is 0.528. The predicted octanol–water partition coefficient (Wildman–Crippen LogP) is 0.145. The SMILES string of the molecule is C=CN1C2COCC1CN(C)C2. The molecule has 0 N–H and O–H groups in total. The van der Waals surface area contributed by atoms with Crippen LogP contribution in [0.25, 0.3) is 0 Å². The Bertz CT molecular complexity index is 169. The molecule has 0 saturated carbocycles. The van der Waals surface area contributed by atoms with Gasteiger partial charge >= 0.3 is 0 Å². The topological polar surface area (TPSA) is 15.7 Å². The van der Waals surface area contributed by atoms with Crippen LogP contribution in [0.2, 0.25) is 0 Å². The monoisotopic (exact) mass is 168 g/mol. The van der Waals surface area contributed by atoms with Crippen molar-refractivity contribution in [1.29, 1.82) is 0 Å². The maximum Gasteiger partial charge on any atom is 0.0683 e. The highest BCUT2D eigenvalue weighted by Crippen LogP contribution is 2.19. The Morgan fingerprint density at radius 2 is 1.92 bits per heavy atom. The van der Waals surface area contributed by atoms with Gasteiger partial charge in [-0.25, -0.2) is 0 Å². The highest BCUT2D eigenvalue weighted by atomic mass is 16.5. The zero-order valence-corrected chi connectivity index (χ0v) is 7.57. The Morgan fingerprint density at radius 1 is 1.33 bits per heavy atom. The maximum atomic E-state index is 5.50. The van der Waals surface area contributed by atoms with Crippen LogP contribution in [-0.2, 0) is 4.74 Å². The number of morpholine rings is 1. The van der Waals surface area contributed by atoms with Crippen LogP contribution in [0.1, 0.15) is 0 Å². The van der Waals surface area contributed by atoms with Crippen LogP contribution in [0, 0.1) is 0 Å². The third-order valence-electron chi connectivity index (χ3n) is 2.72. The summed E-state index contributed by atoms with van der Waals surface area (Å²) in [6, 6.07) is 1.06. The van der Waals surface area contributed by atoms with Gasteiger partial charge in [-0.2, -0.15) is 0 Å². The van der Waals surface area contributed by atoms with Gasteiger partial charge < -0.3 is 14.5 Å². The van der Waals surface area contributed by atoms with Crippen LogP contribution < -0.4 is 0 Å². The molecule has 0 spiro atoms. The fourth-order valence-electron chi connectivity index (χ4n) is 2.20. The van der Waals surface area contributed by atoms with Gasteiger partial charge in [-0.15, -0.1) is 0 Å². The maximum absolute atomic E-state index is 5.50. The number of rotatable bonds is 1. The van der Waals surface area contributed by atoms with E-state index in [1.807, 2.05) is 6.20 Å². The number of hydrogen-bond donors (Lipinski definition) is 0. The van der Waals surface area contributed by atoms with Gasteiger partial charge in [0.25, 0.3) is 0 Å². The van der Waals surface area contributed by atoms with Gasteiger partial charge in [-0.1, -0.05) is 6.58 Å². The summed E-state index contributed by atoms with van der Waals surface area (Å²) in [6.45, 7) is 7.75. The second-order valence-electron chi connectivity index (χ2n) is 3.70. The molecule has 2 saturated heterocycles. The Hall–Kier alpha value is -0.540. The highest BCUT2D eigenvalue weighted by Gasteiger charge is 2.34. The van der Waals surface area contributed by atoms with Crippen LogP contribution in [0.15, 0.2) is 12.8 Å². The number of fused-ring (bicyclic) bond motifs is 2. The lowest BCUT2D eigenvalue weighted by molar-refractivity contribution is -0.0692. The molecule has 2 aliphatic rings. The average molecular weight is 168 g/mol. The summed E-state index contributed by atoms with van der Waals surface area (Å²) < 4.78 is 5.50. The zero-order chi connectivity index (χ0) is 8.55. The van der Waals surface area contributed by atoms with Crippen molar-refractivity contribution >= 4 is 0 Å². The van der Waals surface area contributed by atoms with Gasteiger partial charge in [0, 0.05) is 13.1 Å². The molecule has 68 valence electrons. The van der Waals surface area contributed by atoms with Crippen molar-refractivity contribution < 1.29 is 4.74 Å². The van der Waals surface area contributed by atoms with Crippen LogP contribution in [-0.4, -0.2) is 55.2 Å². The lowest BCUT2D eigenvalue weighted by Crippen LogP contribution is -2.61. The van der Waals surface area contributed by atoms with E-state index in [4.69, 9.17) is 4.74 Å². The molecule has 0 aromatic heterocycles. The molecule has 2 atom stereocenters. The second-order valence-corrected chi connectivity index (χ2v) is 3.70. The molecule has 2 aliphatic heterocycles. The normalized spacial score (nSPS) is 36.6. The van der Waals surface area contributed by atoms with Crippen LogP contribution in [0.4, 0.5) is 0 Å². The van der Waals surface area contributed by atoms with E-state index in [1.165, 1.54) is 0 Å². The fraction of sp³-hybridized carbons (Fsp3) is 0.778. The van der Waals surface area contributed by atoms with Crippen molar-refractivity contribution in [3.63, 3.8) is 0 Å². The molecule has 3 heteroatoms. The molecule has 12 heavy (non-hydrogen) atoms. The van der Waals surface area contributed by atoms with Gasteiger partial charge in [-0.05, 0) is 13.2 Å². The summed E-state index contributed by atoms with van der Waals surface area (Å²) in [7, 11) is 2.17. The molecule has 2 fully saturated rings. The van der Waals surface area contributed by atoms with Gasteiger partial charge in [-0.3, -0.25) is 0 Å². The van der Waals surface area contributed by atoms with Crippen LogP contribution in [0.5, 0.6) is 0 Å². The van der Waals surface area contributed by atoms with E-state index in [0.717, 1.165) is 26.3 Å². The Labute approximate surface area is 73.6 Å². The summed E-state index contributed by atoms with van der Waals surface area (Å²) in [5.41, 5.74) is 0. The van der Waals surface area contributed by atoms with Crippen molar-refractivity contribution in [3.8, 4) is 0 Å². The van der Waals surface area contributed by atoms with E-state index >= 15 is 0 Å². The fourth-order valence-corrected chi connectivity index (χ4v) is 2.20. The van der Waals surface area contributed by atoms with Gasteiger partial charge in [0.15, 0.2) is 0 Å². The molecule has 3 nitrogen and oxygen atoms in total. The summed E-state index contributed by atoms with van der Waals surface area (Å²) in [5, 5.41) is 0. The minimum absolute atomic E-state index is 0.528. The molecular formula is C9H16N2O. The van der Waals surface area contributed by atoms with Crippen LogP contribution in [0.3, 0.4) is 0 Å². The Balaban J connectivity index is 2.11. The van der Waals surface area contributed by atoms with Gasteiger partial charge in [0.1, 0.15) is 0 Å². The first kappa shape index (κ1) is 8.08. The van der Waals surface area contributed by atoms with Crippen molar-refractivity contribution in [2.75, 3.05) is 33.4 Å². The molecule has 2 unspecified atom stereocenters. The molecule has 0 amide bonds. The van der Waals surface area contributed by atoms with E-state index in [-0.39, 0.29) is 0 Å². The molecule has 0 aromatic carbocycles. The summed E-state index contributed by atoms with van der Waals surface area (Å²) in [5.74, 6) is 0. The number of likely N-dealkylation sites (N-methyl/N-ethyl adjacent to an activating group) is 1. The Kier molecular flexibility index (Phi) is 2.07. The smallest absolute Gasteiger partial charge is 0.0683 e. The average Bonchev–Trinajstić information content (AvgIpc) is 2.02. The lowest BCUT2D eigenvalue weighted by atomic mass is 10.1. The molecule has 2 bridgehead atoms. The van der Waals surface area contributed by atoms with Gasteiger partial charge in [0.05, 0.1) is 25.3 Å². The second kappa shape index (κ2) is 3.07. The zero-order valence-electron chi connectivity index (χ0n) is 7.57. The molecule has 2 rings (SSSR count). The van der Waals surface area contributed by atoms with Crippen molar-refractivity contribution in [1.82, 2.24) is 9.80 Å². The Morgan fingerprint density at radius 3 is 2.42 bits per heavy atom. The predicted molar refractivity (Wildman–Crippen MR) is 47.9 cm³/mol. The van der Waals surface area contributed by atoms with E-state index < -0.39 is 0 Å². The number of ether oxygens (including phenoxy) is 1. The lowest BCUT2D eigenvalue weighted by Gasteiger charge is -2.48. The molecular weight excluding hydrogens is 152 g/mol. The van der Waals surface area contributed by atoms with E-state index in [2.05, 4.69) is 23.4 Å². The van der Waals surface area contributed by atoms with Crippen LogP contribution >= 0.6 is 0 Å². The largest absolute Gasteiger partial charge is 0.377 e. The molecule has 0 aromatic rings. The van der Waals surface area contributed by atoms with Crippen molar-refractivity contribution in [2.45, 2.75) is 12.1 Å². The first-order valence-corrected chi connectivity index (χ1v) is 4.47. The number of nitrogens with zero attached hydrogens (tertiary/aromatic N) is 2. The van der Waals surface area contributed by atoms with E-state index in [0.29, 0.717) is 12.1 Å². The standard InChI is InChI=1S/C9H16N2O/c1-3-11-8-4-10(2)5-9(11)7-12-6-8/h3,8-9H,1,4-7H2,2H3. The molecule has 2 heterocycles. The summed E-state index contributed by atoms with van der Waals surface area (Å²) >= 11 is 0. The first-order valence-electron chi connectivity index (χ1n) is 4.47. The third kappa shape index (κ3) is 1.23. The van der Waals surface area contributed by atoms with Crippen molar-refractivity contribution in [2.24, 2.45) is 0 Å².